The van der Waals surface area contributed by atoms with Gasteiger partial charge in [-0.05, 0) is 24.6 Å². The van der Waals surface area contributed by atoms with Gasteiger partial charge in [-0.2, -0.15) is 0 Å². The molecule has 0 spiro atoms. The Labute approximate surface area is 107 Å². The van der Waals surface area contributed by atoms with E-state index >= 15 is 0 Å². The Hall–Kier alpha value is -0.780. The number of halogens is 1. The molecule has 0 aliphatic carbocycles. The van der Waals surface area contributed by atoms with Crippen molar-refractivity contribution in [1.82, 2.24) is 4.72 Å². The fourth-order valence-corrected chi connectivity index (χ4v) is 2.79. The van der Waals surface area contributed by atoms with Crippen LogP contribution in [0.3, 0.4) is 0 Å². The number of hydrogen-bond donors (Lipinski definition) is 2. The lowest BCUT2D eigenvalue weighted by molar-refractivity contribution is 0.576. The van der Waals surface area contributed by atoms with Gasteiger partial charge in [0.05, 0.1) is 5.69 Å². The zero-order valence-electron chi connectivity index (χ0n) is 9.74. The third-order valence-corrected chi connectivity index (χ3v) is 4.10. The Morgan fingerprint density at radius 2 is 2.06 bits per heavy atom. The number of nitrogen functional groups attached to an aromatic ring is 1. The van der Waals surface area contributed by atoms with Crippen LogP contribution in [0, 0.1) is 0 Å². The molecule has 0 radical (unpaired) electrons. The number of hydrogen-bond acceptors (Lipinski definition) is 3. The highest BCUT2D eigenvalue weighted by molar-refractivity contribution is 7.89. The van der Waals surface area contributed by atoms with Crippen LogP contribution in [0.5, 0.6) is 0 Å². The summed E-state index contributed by atoms with van der Waals surface area (Å²) in [5.74, 6) is 0. The van der Waals surface area contributed by atoms with E-state index in [2.05, 4.69) is 11.6 Å². The van der Waals surface area contributed by atoms with Gasteiger partial charge >= 0.3 is 0 Å². The smallest absolute Gasteiger partial charge is 0.242 e. The molecule has 0 aromatic heterocycles. The predicted octanol–water partition coefficient (Wildman–Crippen LogP) is 2.39. The molecule has 0 heterocycles. The maximum atomic E-state index is 11.9. The van der Waals surface area contributed by atoms with Crippen LogP contribution in [0.4, 0.5) is 5.69 Å². The summed E-state index contributed by atoms with van der Waals surface area (Å²) >= 11 is 5.72. The van der Waals surface area contributed by atoms with Crippen molar-refractivity contribution in [1.29, 1.82) is 0 Å². The van der Waals surface area contributed by atoms with Gasteiger partial charge in [0.1, 0.15) is 4.90 Å². The molecular formula is C11H17ClN2O2S. The van der Waals surface area contributed by atoms with Crippen molar-refractivity contribution in [2.45, 2.75) is 31.1 Å². The van der Waals surface area contributed by atoms with Crippen LogP contribution < -0.4 is 10.5 Å². The highest BCUT2D eigenvalue weighted by Crippen LogP contribution is 2.22. The Balaban J connectivity index is 2.76. The van der Waals surface area contributed by atoms with Gasteiger partial charge in [-0.1, -0.05) is 31.4 Å². The molecular weight excluding hydrogens is 260 g/mol. The maximum Gasteiger partial charge on any atom is 0.242 e. The summed E-state index contributed by atoms with van der Waals surface area (Å²) in [6.45, 7) is 2.49. The van der Waals surface area contributed by atoms with E-state index in [-0.39, 0.29) is 10.6 Å². The van der Waals surface area contributed by atoms with E-state index in [0.717, 1.165) is 19.3 Å². The molecule has 0 fully saturated rings. The molecule has 0 bridgehead atoms. The van der Waals surface area contributed by atoms with Crippen molar-refractivity contribution in [3.8, 4) is 0 Å². The molecule has 3 N–H and O–H groups in total. The van der Waals surface area contributed by atoms with Crippen LogP contribution in [0.1, 0.15) is 26.2 Å². The molecule has 1 aromatic carbocycles. The van der Waals surface area contributed by atoms with Crippen molar-refractivity contribution in [2.24, 2.45) is 0 Å². The van der Waals surface area contributed by atoms with E-state index in [1.54, 1.807) is 0 Å². The third kappa shape index (κ3) is 4.18. The molecule has 1 aromatic rings. The van der Waals surface area contributed by atoms with Gasteiger partial charge in [0.25, 0.3) is 0 Å². The lowest BCUT2D eigenvalue weighted by Gasteiger charge is -2.09. The third-order valence-electron chi connectivity index (χ3n) is 2.33. The fourth-order valence-electron chi connectivity index (χ4n) is 1.42. The number of nitrogens with two attached hydrogens (primary N) is 1. The van der Waals surface area contributed by atoms with E-state index in [1.165, 1.54) is 18.2 Å². The maximum absolute atomic E-state index is 11.9. The van der Waals surface area contributed by atoms with Crippen LogP contribution in [0.15, 0.2) is 23.1 Å². The zero-order valence-corrected chi connectivity index (χ0v) is 11.3. The first-order chi connectivity index (χ1) is 7.97. The van der Waals surface area contributed by atoms with Gasteiger partial charge in [0.15, 0.2) is 0 Å². The van der Waals surface area contributed by atoms with E-state index in [4.69, 9.17) is 17.3 Å². The van der Waals surface area contributed by atoms with E-state index in [0.29, 0.717) is 11.6 Å². The average Bonchev–Trinajstić information content (AvgIpc) is 2.24. The van der Waals surface area contributed by atoms with Gasteiger partial charge in [-0.15, -0.1) is 0 Å². The molecule has 1 rings (SSSR count). The van der Waals surface area contributed by atoms with Gasteiger partial charge in [0, 0.05) is 11.6 Å². The van der Waals surface area contributed by atoms with Crippen LogP contribution in [-0.4, -0.2) is 15.0 Å². The van der Waals surface area contributed by atoms with Gasteiger partial charge in [0.2, 0.25) is 10.0 Å². The first-order valence-corrected chi connectivity index (χ1v) is 7.38. The molecule has 4 nitrogen and oxygen atoms in total. The SMILES string of the molecule is CCCCCNS(=O)(=O)c1ccc(Cl)cc1N. The molecule has 0 aliphatic heterocycles. The molecule has 0 amide bonds. The lowest BCUT2D eigenvalue weighted by atomic mass is 10.3. The summed E-state index contributed by atoms with van der Waals surface area (Å²) in [6, 6.07) is 4.36. The standard InChI is InChI=1S/C11H17ClN2O2S/c1-2-3-4-7-14-17(15,16)11-6-5-9(12)8-10(11)13/h5-6,8,14H,2-4,7,13H2,1H3. The number of sulfonamides is 1. The summed E-state index contributed by atoms with van der Waals surface area (Å²) < 4.78 is 26.3. The topological polar surface area (TPSA) is 72.2 Å². The number of nitrogens with one attached hydrogen (secondary N) is 1. The molecule has 0 unspecified atom stereocenters. The minimum absolute atomic E-state index is 0.0819. The fraction of sp³-hybridized carbons (Fsp3) is 0.455. The van der Waals surface area contributed by atoms with Crippen molar-refractivity contribution in [2.75, 3.05) is 12.3 Å². The highest BCUT2D eigenvalue weighted by Gasteiger charge is 2.16. The Morgan fingerprint density at radius 3 is 2.65 bits per heavy atom. The predicted molar refractivity (Wildman–Crippen MR) is 70.6 cm³/mol. The largest absolute Gasteiger partial charge is 0.398 e. The number of benzene rings is 1. The number of rotatable bonds is 6. The first-order valence-electron chi connectivity index (χ1n) is 5.52. The summed E-state index contributed by atoms with van der Waals surface area (Å²) in [7, 11) is -3.52. The second-order valence-corrected chi connectivity index (χ2v) is 5.96. The van der Waals surface area contributed by atoms with Gasteiger partial charge < -0.3 is 5.73 Å². The molecule has 0 atom stereocenters. The van der Waals surface area contributed by atoms with Crippen LogP contribution in [0.2, 0.25) is 5.02 Å². The molecule has 96 valence electrons. The summed E-state index contributed by atoms with van der Waals surface area (Å²) in [5.41, 5.74) is 5.80. The van der Waals surface area contributed by atoms with Crippen molar-refractivity contribution in [3.63, 3.8) is 0 Å². The lowest BCUT2D eigenvalue weighted by Crippen LogP contribution is -2.25. The van der Waals surface area contributed by atoms with Crippen LogP contribution in [-0.2, 0) is 10.0 Å². The van der Waals surface area contributed by atoms with E-state index in [1.807, 2.05) is 0 Å². The van der Waals surface area contributed by atoms with E-state index < -0.39 is 10.0 Å². The number of unbranched alkanes of at least 4 members (excludes halogenated alkanes) is 2. The number of anilines is 1. The zero-order chi connectivity index (χ0) is 12.9. The second kappa shape index (κ2) is 6.23. The molecule has 6 heteroatoms. The first kappa shape index (κ1) is 14.3. The minimum Gasteiger partial charge on any atom is -0.398 e. The van der Waals surface area contributed by atoms with Crippen molar-refractivity contribution < 1.29 is 8.42 Å². The van der Waals surface area contributed by atoms with Crippen molar-refractivity contribution in [3.05, 3.63) is 23.2 Å². The van der Waals surface area contributed by atoms with Crippen molar-refractivity contribution >= 4 is 27.3 Å². The molecule has 17 heavy (non-hydrogen) atoms. The highest BCUT2D eigenvalue weighted by atomic mass is 35.5. The average molecular weight is 277 g/mol. The normalized spacial score (nSPS) is 11.6. The molecule has 0 aliphatic rings. The summed E-state index contributed by atoms with van der Waals surface area (Å²) in [6.07, 6.45) is 2.87. The minimum atomic E-state index is -3.52. The Kier molecular flexibility index (Phi) is 5.24. The Morgan fingerprint density at radius 1 is 1.35 bits per heavy atom. The van der Waals surface area contributed by atoms with Crippen LogP contribution in [0.25, 0.3) is 0 Å². The van der Waals surface area contributed by atoms with Gasteiger partial charge in [-0.25, -0.2) is 13.1 Å². The van der Waals surface area contributed by atoms with E-state index in [9.17, 15) is 8.42 Å². The monoisotopic (exact) mass is 276 g/mol. The van der Waals surface area contributed by atoms with Crippen LogP contribution >= 0.6 is 11.6 Å². The summed E-state index contributed by atoms with van der Waals surface area (Å²) in [5, 5.41) is 0.424. The Bertz CT molecular complexity index is 474. The second-order valence-electron chi connectivity index (χ2n) is 3.79. The quantitative estimate of drug-likeness (QED) is 0.619. The van der Waals surface area contributed by atoms with Gasteiger partial charge in [-0.3, -0.25) is 0 Å². The molecule has 0 saturated heterocycles. The molecule has 0 saturated carbocycles. The summed E-state index contributed by atoms with van der Waals surface area (Å²) in [4.78, 5) is 0.0819.